The van der Waals surface area contributed by atoms with Crippen molar-refractivity contribution in [3.63, 3.8) is 0 Å². The number of benzene rings is 1. The van der Waals surface area contributed by atoms with Gasteiger partial charge in [0.1, 0.15) is 10.7 Å². The van der Waals surface area contributed by atoms with Crippen molar-refractivity contribution in [2.24, 2.45) is 11.1 Å². The fraction of sp³-hybridized carbons (Fsp3) is 0.389. The second-order valence-electron chi connectivity index (χ2n) is 6.27. The lowest BCUT2D eigenvalue weighted by Crippen LogP contribution is -2.17. The van der Waals surface area contributed by atoms with Gasteiger partial charge in [0, 0.05) is 12.1 Å². The van der Waals surface area contributed by atoms with Crippen LogP contribution in [0.1, 0.15) is 38.7 Å². The summed E-state index contributed by atoms with van der Waals surface area (Å²) in [4.78, 5) is -0.224. The van der Waals surface area contributed by atoms with Crippen molar-refractivity contribution in [3.05, 3.63) is 41.7 Å². The van der Waals surface area contributed by atoms with E-state index in [0.717, 1.165) is 19.3 Å². The van der Waals surface area contributed by atoms with E-state index in [0.29, 0.717) is 18.0 Å². The van der Waals surface area contributed by atoms with Gasteiger partial charge < -0.3 is 15.2 Å². The van der Waals surface area contributed by atoms with Crippen molar-refractivity contribution in [1.29, 1.82) is 0 Å². The number of aliphatic hydroxyl groups excluding tert-OH is 1. The smallest absolute Gasteiger partial charge is 0.241 e. The maximum Gasteiger partial charge on any atom is 0.241 e. The van der Waals surface area contributed by atoms with E-state index in [-0.39, 0.29) is 22.1 Å². The van der Waals surface area contributed by atoms with Gasteiger partial charge in [-0.15, -0.1) is 0 Å². The number of nitrogens with one attached hydrogen (secondary N) is 1. The number of primary sulfonamides is 1. The Morgan fingerprint density at radius 3 is 2.77 bits per heavy atom. The van der Waals surface area contributed by atoms with E-state index in [2.05, 4.69) is 5.32 Å². The molecule has 0 bridgehead atoms. The lowest BCUT2D eigenvalue weighted by atomic mass is 10.0. The van der Waals surface area contributed by atoms with Crippen LogP contribution in [-0.4, -0.2) is 25.1 Å². The van der Waals surface area contributed by atoms with Gasteiger partial charge in [-0.05, 0) is 55.3 Å². The Labute approximate surface area is 159 Å². The Morgan fingerprint density at radius 1 is 1.46 bits per heavy atom. The highest BCUT2D eigenvalue weighted by atomic mass is 32.2. The number of allylic oxidation sites excluding steroid dienone is 3. The van der Waals surface area contributed by atoms with Crippen LogP contribution in [0.5, 0.6) is 5.75 Å². The Hall–Kier alpha value is -1.90. The summed E-state index contributed by atoms with van der Waals surface area (Å²) < 4.78 is 30.2. The summed E-state index contributed by atoms with van der Waals surface area (Å²) in [5.41, 5.74) is 0.612. The van der Waals surface area contributed by atoms with E-state index in [9.17, 15) is 13.5 Å². The average molecular weight is 397 g/mol. The standard InChI is InChI=1S/C18H24N2O4S2/c1-3-4-8-20-15-10-13(18(21)25)11-16(26(19,22)23)17(15)24-14-7-5-6-12(2)9-14/h5,7,9-12,20H,3-4,6,8H2,1-2H3,(H,21,25)(H2,19,22,23). The molecule has 1 atom stereocenters. The quantitative estimate of drug-likeness (QED) is 0.458. The maximum atomic E-state index is 12.1. The van der Waals surface area contributed by atoms with Crippen molar-refractivity contribution >= 4 is 33.0 Å². The molecule has 1 aliphatic carbocycles. The lowest BCUT2D eigenvalue weighted by molar-refractivity contribution is 0.422. The summed E-state index contributed by atoms with van der Waals surface area (Å²) in [7, 11) is -4.09. The lowest BCUT2D eigenvalue weighted by Gasteiger charge is -2.19. The Morgan fingerprint density at radius 2 is 2.19 bits per heavy atom. The Bertz CT molecular complexity index is 845. The molecular formula is C18H24N2O4S2. The summed E-state index contributed by atoms with van der Waals surface area (Å²) >= 11 is 4.79. The zero-order chi connectivity index (χ0) is 19.3. The molecular weight excluding hydrogens is 372 g/mol. The summed E-state index contributed by atoms with van der Waals surface area (Å²) in [6, 6.07) is 2.80. The number of aliphatic hydroxyl groups is 1. The fourth-order valence-corrected chi connectivity index (χ4v) is 3.38. The molecule has 6 nitrogen and oxygen atoms in total. The number of unbranched alkanes of at least 4 members (excludes halogenated alkanes) is 1. The molecule has 0 saturated carbocycles. The van der Waals surface area contributed by atoms with E-state index in [1.54, 1.807) is 12.1 Å². The number of hydrogen-bond donors (Lipinski definition) is 3. The molecule has 26 heavy (non-hydrogen) atoms. The van der Waals surface area contributed by atoms with Crippen molar-refractivity contribution in [1.82, 2.24) is 0 Å². The molecule has 0 aliphatic heterocycles. The predicted molar refractivity (Wildman–Crippen MR) is 107 cm³/mol. The highest BCUT2D eigenvalue weighted by Crippen LogP contribution is 2.36. The Kier molecular flexibility index (Phi) is 6.80. The monoisotopic (exact) mass is 396 g/mol. The fourth-order valence-electron chi connectivity index (χ4n) is 2.56. The van der Waals surface area contributed by atoms with Gasteiger partial charge in [0.05, 0.1) is 5.69 Å². The van der Waals surface area contributed by atoms with Crippen LogP contribution in [-0.2, 0) is 10.0 Å². The molecule has 142 valence electrons. The zero-order valence-corrected chi connectivity index (χ0v) is 16.5. The minimum Gasteiger partial charge on any atom is -0.499 e. The third-order valence-electron chi connectivity index (χ3n) is 3.91. The molecule has 4 N–H and O–H groups in total. The molecule has 0 aromatic heterocycles. The van der Waals surface area contributed by atoms with Gasteiger partial charge in [-0.1, -0.05) is 26.3 Å². The summed E-state index contributed by atoms with van der Waals surface area (Å²) in [6.07, 6.45) is 8.44. The van der Waals surface area contributed by atoms with Crippen molar-refractivity contribution in [2.75, 3.05) is 11.9 Å². The first-order valence-corrected chi connectivity index (χ1v) is 10.4. The summed E-state index contributed by atoms with van der Waals surface area (Å²) in [5, 5.41) is 17.8. The van der Waals surface area contributed by atoms with E-state index >= 15 is 0 Å². The second-order valence-corrected chi connectivity index (χ2v) is 8.18. The molecule has 0 spiro atoms. The van der Waals surface area contributed by atoms with Gasteiger partial charge in [-0.3, -0.25) is 0 Å². The number of sulfonamides is 1. The molecule has 2 rings (SSSR count). The normalized spacial score (nSPS) is 16.9. The van der Waals surface area contributed by atoms with Crippen LogP contribution in [0.3, 0.4) is 0 Å². The molecule has 0 heterocycles. The molecule has 1 unspecified atom stereocenters. The van der Waals surface area contributed by atoms with Crippen LogP contribution in [0, 0.1) is 5.92 Å². The minimum atomic E-state index is -4.09. The van der Waals surface area contributed by atoms with Gasteiger partial charge in [-0.25, -0.2) is 13.6 Å². The number of hydrogen-bond acceptors (Lipinski definition) is 5. The van der Waals surface area contributed by atoms with E-state index in [4.69, 9.17) is 22.1 Å². The molecule has 0 saturated heterocycles. The van der Waals surface area contributed by atoms with Crippen molar-refractivity contribution in [3.8, 4) is 5.75 Å². The van der Waals surface area contributed by atoms with Gasteiger partial charge in [-0.2, -0.15) is 0 Å². The van der Waals surface area contributed by atoms with Crippen LogP contribution < -0.4 is 15.2 Å². The van der Waals surface area contributed by atoms with E-state index in [1.807, 2.05) is 26.0 Å². The molecule has 1 aromatic rings. The molecule has 1 aliphatic rings. The van der Waals surface area contributed by atoms with Gasteiger partial charge in [0.2, 0.25) is 10.0 Å². The first kappa shape index (κ1) is 20.4. The van der Waals surface area contributed by atoms with Crippen LogP contribution in [0.4, 0.5) is 5.69 Å². The predicted octanol–water partition coefficient (Wildman–Crippen LogP) is 3.64. The summed E-state index contributed by atoms with van der Waals surface area (Å²) in [6.45, 7) is 4.71. The topological polar surface area (TPSA) is 102 Å². The van der Waals surface area contributed by atoms with Crippen LogP contribution in [0.2, 0.25) is 0 Å². The highest BCUT2D eigenvalue weighted by molar-refractivity contribution is 7.89. The maximum absolute atomic E-state index is 12.1. The third-order valence-corrected chi connectivity index (χ3v) is 5.06. The number of anilines is 1. The van der Waals surface area contributed by atoms with Crippen molar-refractivity contribution in [2.45, 2.75) is 38.0 Å². The molecule has 0 amide bonds. The number of ether oxygens (including phenoxy) is 1. The number of nitrogens with two attached hydrogens (primary N) is 1. The van der Waals surface area contributed by atoms with E-state index in [1.165, 1.54) is 6.07 Å². The minimum absolute atomic E-state index is 0.105. The van der Waals surface area contributed by atoms with Gasteiger partial charge >= 0.3 is 0 Å². The van der Waals surface area contributed by atoms with Gasteiger partial charge in [0.25, 0.3) is 0 Å². The molecule has 0 radical (unpaired) electrons. The molecule has 0 fully saturated rings. The van der Waals surface area contributed by atoms with E-state index < -0.39 is 15.1 Å². The van der Waals surface area contributed by atoms with Crippen LogP contribution >= 0.6 is 12.2 Å². The molecule has 8 heteroatoms. The first-order chi connectivity index (χ1) is 12.2. The van der Waals surface area contributed by atoms with Crippen molar-refractivity contribution < 1.29 is 18.3 Å². The van der Waals surface area contributed by atoms with Crippen LogP contribution in [0.25, 0.3) is 0 Å². The number of thiocarbonyl (C=S) groups is 1. The largest absolute Gasteiger partial charge is 0.499 e. The Balaban J connectivity index is 2.56. The number of rotatable bonds is 8. The zero-order valence-electron chi connectivity index (χ0n) is 14.9. The second kappa shape index (κ2) is 8.66. The van der Waals surface area contributed by atoms with Gasteiger partial charge in [0.15, 0.2) is 10.8 Å². The third kappa shape index (κ3) is 5.30. The average Bonchev–Trinajstić information content (AvgIpc) is 2.55. The van der Waals surface area contributed by atoms with Crippen LogP contribution in [0.15, 0.2) is 41.0 Å². The SMILES string of the molecule is CCCCNc1cc(C(O)=S)cc(S(N)(=O)=O)c1OC1=CC(C)CC=C1. The first-order valence-electron chi connectivity index (χ1n) is 8.46. The highest BCUT2D eigenvalue weighted by Gasteiger charge is 2.23. The summed E-state index contributed by atoms with van der Waals surface area (Å²) in [5.74, 6) is 0.939. The molecule has 1 aromatic carbocycles.